The van der Waals surface area contributed by atoms with Crippen molar-refractivity contribution >= 4 is 32.8 Å². The monoisotopic (exact) mass is 305 g/mol. The summed E-state index contributed by atoms with van der Waals surface area (Å²) >= 11 is 3.45. The van der Waals surface area contributed by atoms with Crippen LogP contribution in [-0.2, 0) is 0 Å². The van der Waals surface area contributed by atoms with E-state index in [0.717, 1.165) is 20.9 Å². The number of benzene rings is 1. The Morgan fingerprint density at radius 2 is 2.22 bits per heavy atom. The SMILES string of the molecule is O=C(O)c1cn[nH]c1-c1c[nH]c2c(Br)cccc12. The van der Waals surface area contributed by atoms with Gasteiger partial charge in [-0.25, -0.2) is 4.79 Å². The molecule has 6 heteroatoms. The maximum absolute atomic E-state index is 11.1. The third-order valence-corrected chi connectivity index (χ3v) is 3.46. The molecule has 0 unspecified atom stereocenters. The first-order chi connectivity index (χ1) is 8.68. The van der Waals surface area contributed by atoms with E-state index in [9.17, 15) is 4.79 Å². The van der Waals surface area contributed by atoms with Crippen LogP contribution >= 0.6 is 15.9 Å². The molecule has 3 rings (SSSR count). The maximum atomic E-state index is 11.1. The molecule has 0 aliphatic carbocycles. The van der Waals surface area contributed by atoms with Crippen molar-refractivity contribution in [3.05, 3.63) is 40.6 Å². The third-order valence-electron chi connectivity index (χ3n) is 2.80. The lowest BCUT2D eigenvalue weighted by Gasteiger charge is -1.98. The van der Waals surface area contributed by atoms with Crippen LogP contribution in [0.25, 0.3) is 22.2 Å². The zero-order chi connectivity index (χ0) is 12.7. The van der Waals surface area contributed by atoms with Crippen molar-refractivity contribution in [2.45, 2.75) is 0 Å². The topological polar surface area (TPSA) is 81.8 Å². The van der Waals surface area contributed by atoms with Gasteiger partial charge in [-0.1, -0.05) is 12.1 Å². The number of fused-ring (bicyclic) bond motifs is 1. The molecule has 0 atom stereocenters. The molecular formula is C12H8BrN3O2. The molecule has 2 heterocycles. The summed E-state index contributed by atoms with van der Waals surface area (Å²) in [5.41, 5.74) is 2.39. The highest BCUT2D eigenvalue weighted by Crippen LogP contribution is 2.32. The van der Waals surface area contributed by atoms with Gasteiger partial charge >= 0.3 is 5.97 Å². The minimum atomic E-state index is -0.997. The van der Waals surface area contributed by atoms with Crippen molar-refractivity contribution in [3.8, 4) is 11.3 Å². The van der Waals surface area contributed by atoms with Crippen molar-refractivity contribution in [2.24, 2.45) is 0 Å². The van der Waals surface area contributed by atoms with Crippen LogP contribution in [0.1, 0.15) is 10.4 Å². The largest absolute Gasteiger partial charge is 0.478 e. The number of para-hydroxylation sites is 1. The van der Waals surface area contributed by atoms with E-state index in [0.29, 0.717) is 5.69 Å². The number of rotatable bonds is 2. The Morgan fingerprint density at radius 1 is 1.39 bits per heavy atom. The molecule has 5 nitrogen and oxygen atoms in total. The number of aromatic carboxylic acids is 1. The zero-order valence-electron chi connectivity index (χ0n) is 9.07. The summed E-state index contributed by atoms with van der Waals surface area (Å²) < 4.78 is 0.933. The lowest BCUT2D eigenvalue weighted by atomic mass is 10.1. The fourth-order valence-electron chi connectivity index (χ4n) is 1.98. The summed E-state index contributed by atoms with van der Waals surface area (Å²) in [6.07, 6.45) is 3.09. The van der Waals surface area contributed by atoms with Crippen LogP contribution in [0, 0.1) is 0 Å². The Kier molecular flexibility index (Phi) is 2.45. The fourth-order valence-corrected chi connectivity index (χ4v) is 2.46. The summed E-state index contributed by atoms with van der Waals surface area (Å²) in [5, 5.41) is 16.6. The van der Waals surface area contributed by atoms with Gasteiger partial charge in [0.15, 0.2) is 0 Å². The number of hydrogen-bond acceptors (Lipinski definition) is 2. The molecule has 18 heavy (non-hydrogen) atoms. The van der Waals surface area contributed by atoms with Crippen LogP contribution in [0.15, 0.2) is 35.1 Å². The Morgan fingerprint density at radius 3 is 3.00 bits per heavy atom. The molecule has 2 aromatic heterocycles. The van der Waals surface area contributed by atoms with Crippen LogP contribution in [0.2, 0.25) is 0 Å². The number of H-pyrrole nitrogens is 2. The lowest BCUT2D eigenvalue weighted by Crippen LogP contribution is -1.96. The highest BCUT2D eigenvalue weighted by molar-refractivity contribution is 9.10. The number of carboxylic acid groups (broad SMARTS) is 1. The Balaban J connectivity index is 2.29. The first kappa shape index (κ1) is 11.0. The average Bonchev–Trinajstić information content (AvgIpc) is 2.94. The number of aromatic nitrogens is 3. The number of halogens is 1. The number of hydrogen-bond donors (Lipinski definition) is 3. The highest BCUT2D eigenvalue weighted by Gasteiger charge is 2.17. The van der Waals surface area contributed by atoms with E-state index < -0.39 is 5.97 Å². The second-order valence-electron chi connectivity index (χ2n) is 3.83. The number of carboxylic acids is 1. The number of nitrogens with one attached hydrogen (secondary N) is 2. The molecule has 0 fully saturated rings. The van der Waals surface area contributed by atoms with E-state index in [2.05, 4.69) is 31.1 Å². The number of carbonyl (C=O) groups is 1. The van der Waals surface area contributed by atoms with Crippen molar-refractivity contribution in [3.63, 3.8) is 0 Å². The van der Waals surface area contributed by atoms with Crippen LogP contribution < -0.4 is 0 Å². The molecule has 0 spiro atoms. The third kappa shape index (κ3) is 1.53. The van der Waals surface area contributed by atoms with Crippen molar-refractivity contribution in [1.82, 2.24) is 15.2 Å². The van der Waals surface area contributed by atoms with E-state index in [1.165, 1.54) is 6.20 Å². The van der Waals surface area contributed by atoms with Gasteiger partial charge in [-0.15, -0.1) is 0 Å². The summed E-state index contributed by atoms with van der Waals surface area (Å²) in [5.74, 6) is -0.997. The van der Waals surface area contributed by atoms with Gasteiger partial charge in [-0.3, -0.25) is 5.10 Å². The minimum absolute atomic E-state index is 0.163. The van der Waals surface area contributed by atoms with Crippen LogP contribution in [0.4, 0.5) is 0 Å². The van der Waals surface area contributed by atoms with Gasteiger partial charge in [0.1, 0.15) is 5.56 Å². The summed E-state index contributed by atoms with van der Waals surface area (Å²) in [7, 11) is 0. The standard InChI is InChI=1S/C12H8BrN3O2/c13-9-3-1-2-6-7(4-14-11(6)9)10-8(12(17)18)5-15-16-10/h1-5,14H,(H,15,16)(H,17,18). The van der Waals surface area contributed by atoms with Crippen LogP contribution in [0.5, 0.6) is 0 Å². The lowest BCUT2D eigenvalue weighted by molar-refractivity contribution is 0.0698. The van der Waals surface area contributed by atoms with Gasteiger partial charge in [0.2, 0.25) is 0 Å². The quantitative estimate of drug-likeness (QED) is 0.680. The van der Waals surface area contributed by atoms with E-state index in [1.807, 2.05) is 18.2 Å². The molecule has 0 radical (unpaired) electrons. The van der Waals surface area contributed by atoms with E-state index in [1.54, 1.807) is 6.20 Å². The normalized spacial score (nSPS) is 10.9. The predicted molar refractivity (Wildman–Crippen MR) is 70.5 cm³/mol. The molecule has 0 aliphatic rings. The molecule has 1 aromatic carbocycles. The molecular weight excluding hydrogens is 298 g/mol. The Bertz CT molecular complexity index is 745. The van der Waals surface area contributed by atoms with E-state index in [-0.39, 0.29) is 5.56 Å². The van der Waals surface area contributed by atoms with Gasteiger partial charge in [0.05, 0.1) is 17.4 Å². The molecule has 0 saturated heterocycles. The summed E-state index contributed by atoms with van der Waals surface area (Å²) in [6.45, 7) is 0. The van der Waals surface area contributed by atoms with Gasteiger partial charge < -0.3 is 10.1 Å². The molecule has 0 amide bonds. The molecule has 0 bridgehead atoms. The van der Waals surface area contributed by atoms with Crippen molar-refractivity contribution in [2.75, 3.05) is 0 Å². The van der Waals surface area contributed by atoms with Gasteiger partial charge in [-0.05, 0) is 22.0 Å². The second kappa shape index (κ2) is 3.99. The second-order valence-corrected chi connectivity index (χ2v) is 4.68. The van der Waals surface area contributed by atoms with Crippen molar-refractivity contribution in [1.29, 1.82) is 0 Å². The average molecular weight is 306 g/mol. The van der Waals surface area contributed by atoms with E-state index in [4.69, 9.17) is 5.11 Å². The molecule has 3 aromatic rings. The maximum Gasteiger partial charge on any atom is 0.339 e. The number of nitrogens with zero attached hydrogens (tertiary/aromatic N) is 1. The molecule has 0 saturated carbocycles. The first-order valence-corrected chi connectivity index (χ1v) is 6.00. The summed E-state index contributed by atoms with van der Waals surface area (Å²) in [6, 6.07) is 5.76. The number of aromatic amines is 2. The summed E-state index contributed by atoms with van der Waals surface area (Å²) in [4.78, 5) is 14.2. The van der Waals surface area contributed by atoms with Gasteiger partial charge in [0, 0.05) is 21.6 Å². The molecule has 0 aliphatic heterocycles. The molecule has 90 valence electrons. The van der Waals surface area contributed by atoms with Gasteiger partial charge in [0.25, 0.3) is 0 Å². The van der Waals surface area contributed by atoms with Gasteiger partial charge in [-0.2, -0.15) is 5.10 Å². The van der Waals surface area contributed by atoms with Crippen molar-refractivity contribution < 1.29 is 9.90 Å². The zero-order valence-corrected chi connectivity index (χ0v) is 10.7. The highest BCUT2D eigenvalue weighted by atomic mass is 79.9. The van der Waals surface area contributed by atoms with E-state index >= 15 is 0 Å². The fraction of sp³-hybridized carbons (Fsp3) is 0. The Labute approximate surface area is 110 Å². The first-order valence-electron chi connectivity index (χ1n) is 5.21. The van der Waals surface area contributed by atoms with Crippen LogP contribution in [0.3, 0.4) is 0 Å². The predicted octanol–water partition coefficient (Wildman–Crippen LogP) is 3.02. The molecule has 3 N–H and O–H groups in total. The minimum Gasteiger partial charge on any atom is -0.478 e. The Hall–Kier alpha value is -2.08. The smallest absolute Gasteiger partial charge is 0.339 e. The van der Waals surface area contributed by atoms with Crippen LogP contribution in [-0.4, -0.2) is 26.3 Å².